The second kappa shape index (κ2) is 7.05. The first-order valence-corrected chi connectivity index (χ1v) is 8.95. The van der Waals surface area contributed by atoms with Crippen molar-refractivity contribution in [2.45, 2.75) is 27.3 Å². The normalized spacial score (nSPS) is 11.2. The van der Waals surface area contributed by atoms with E-state index >= 15 is 0 Å². The summed E-state index contributed by atoms with van der Waals surface area (Å²) in [7, 11) is 0. The summed E-state index contributed by atoms with van der Waals surface area (Å²) in [6.45, 7) is 5.02. The molecule has 148 valence electrons. The molecule has 0 spiro atoms. The summed E-state index contributed by atoms with van der Waals surface area (Å²) >= 11 is 0. The molecule has 3 aromatic heterocycles. The van der Waals surface area contributed by atoms with Gasteiger partial charge in [-0.3, -0.25) is 4.79 Å². The van der Waals surface area contributed by atoms with Gasteiger partial charge in [0.15, 0.2) is 11.5 Å². The van der Waals surface area contributed by atoms with Crippen molar-refractivity contribution < 1.29 is 18.0 Å². The zero-order chi connectivity index (χ0) is 20.7. The van der Waals surface area contributed by atoms with E-state index in [0.29, 0.717) is 28.3 Å². The van der Waals surface area contributed by atoms with Gasteiger partial charge in [0.05, 0.1) is 6.26 Å². The smallest absolute Gasteiger partial charge is 0.437 e. The Labute approximate surface area is 165 Å². The lowest BCUT2D eigenvalue weighted by Crippen LogP contribution is -2.21. The van der Waals surface area contributed by atoms with Crippen molar-refractivity contribution >= 4 is 5.78 Å². The molecule has 0 aliphatic rings. The van der Waals surface area contributed by atoms with Crippen LogP contribution in [0.3, 0.4) is 0 Å². The molecule has 0 saturated heterocycles. The summed E-state index contributed by atoms with van der Waals surface area (Å²) in [5.74, 6) is -1.07. The van der Waals surface area contributed by atoms with Gasteiger partial charge in [-0.15, -0.1) is 5.10 Å². The van der Waals surface area contributed by atoms with Crippen molar-refractivity contribution in [2.75, 3.05) is 0 Å². The van der Waals surface area contributed by atoms with Gasteiger partial charge in [0.2, 0.25) is 0 Å². The highest BCUT2D eigenvalue weighted by molar-refractivity contribution is 5.97. The minimum atomic E-state index is -0.751. The number of halogens is 1. The second-order valence-electron chi connectivity index (χ2n) is 6.78. The first kappa shape index (κ1) is 18.7. The van der Waals surface area contributed by atoms with Crippen LogP contribution in [-0.2, 0) is 6.54 Å². The predicted octanol–water partition coefficient (Wildman–Crippen LogP) is 3.83. The van der Waals surface area contributed by atoms with Gasteiger partial charge in [0.25, 0.3) is 5.89 Å². The van der Waals surface area contributed by atoms with E-state index in [0.717, 1.165) is 10.4 Å². The van der Waals surface area contributed by atoms with Crippen molar-refractivity contribution in [3.8, 4) is 17.3 Å². The lowest BCUT2D eigenvalue weighted by molar-refractivity contribution is 0.0964. The molecule has 0 atom stereocenters. The Bertz CT molecular complexity index is 1260. The maximum absolute atomic E-state index is 14.0. The van der Waals surface area contributed by atoms with Crippen LogP contribution in [0.15, 0.2) is 56.3 Å². The van der Waals surface area contributed by atoms with E-state index in [9.17, 15) is 14.0 Å². The number of furan rings is 1. The van der Waals surface area contributed by atoms with Gasteiger partial charge in [0, 0.05) is 22.6 Å². The fourth-order valence-corrected chi connectivity index (χ4v) is 3.29. The van der Waals surface area contributed by atoms with E-state index < -0.39 is 5.76 Å². The maximum atomic E-state index is 14.0. The molecule has 8 heteroatoms. The Morgan fingerprint density at radius 1 is 1.17 bits per heavy atom. The zero-order valence-corrected chi connectivity index (χ0v) is 16.1. The predicted molar refractivity (Wildman–Crippen MR) is 103 cm³/mol. The number of aryl methyl sites for hydroxylation is 2. The molecule has 0 saturated carbocycles. The van der Waals surface area contributed by atoms with Crippen LogP contribution in [0, 0.1) is 26.6 Å². The van der Waals surface area contributed by atoms with Crippen molar-refractivity contribution in [2.24, 2.45) is 0 Å². The molecule has 4 rings (SSSR count). The monoisotopic (exact) mass is 395 g/mol. The van der Waals surface area contributed by atoms with Gasteiger partial charge >= 0.3 is 5.76 Å². The zero-order valence-electron chi connectivity index (χ0n) is 16.1. The van der Waals surface area contributed by atoms with E-state index in [2.05, 4.69) is 5.10 Å². The van der Waals surface area contributed by atoms with E-state index in [1.807, 2.05) is 6.92 Å². The van der Waals surface area contributed by atoms with Gasteiger partial charge in [-0.05, 0) is 56.7 Å². The third-order valence-electron chi connectivity index (χ3n) is 4.78. The highest BCUT2D eigenvalue weighted by Crippen LogP contribution is 2.23. The molecular formula is C21H18FN3O4. The molecule has 4 aromatic rings. The number of ketones is 1. The SMILES string of the molecule is Cc1ccc(-n2c(C)cc(C(=O)Cn3nc(-c4ccco4)oc3=O)c2C)cc1F. The molecule has 0 fully saturated rings. The second-order valence-corrected chi connectivity index (χ2v) is 6.78. The highest BCUT2D eigenvalue weighted by atomic mass is 19.1. The maximum Gasteiger partial charge on any atom is 0.437 e. The van der Waals surface area contributed by atoms with Crippen molar-refractivity contribution in [3.63, 3.8) is 0 Å². The molecule has 7 nitrogen and oxygen atoms in total. The van der Waals surface area contributed by atoms with Crippen LogP contribution in [0.2, 0.25) is 0 Å². The fraction of sp³-hybridized carbons (Fsp3) is 0.190. The molecule has 0 aliphatic heterocycles. The first-order chi connectivity index (χ1) is 13.8. The number of carbonyl (C=O) groups excluding carboxylic acids is 1. The number of carbonyl (C=O) groups is 1. The molecule has 0 unspecified atom stereocenters. The molecule has 0 radical (unpaired) electrons. The number of rotatable bonds is 5. The van der Waals surface area contributed by atoms with Crippen molar-refractivity contribution in [1.29, 1.82) is 0 Å². The minimum absolute atomic E-state index is 0.00778. The van der Waals surface area contributed by atoms with Gasteiger partial charge in [-0.25, -0.2) is 9.18 Å². The minimum Gasteiger partial charge on any atom is -0.459 e. The fourth-order valence-electron chi connectivity index (χ4n) is 3.29. The first-order valence-electron chi connectivity index (χ1n) is 8.95. The summed E-state index contributed by atoms with van der Waals surface area (Å²) in [5, 5.41) is 4.02. The summed E-state index contributed by atoms with van der Waals surface area (Å²) in [5.41, 5.74) is 3.03. The van der Waals surface area contributed by atoms with E-state index in [4.69, 9.17) is 8.83 Å². The molecule has 1 aromatic carbocycles. The quantitative estimate of drug-likeness (QED) is 0.480. The number of aromatic nitrogens is 3. The number of hydrogen-bond acceptors (Lipinski definition) is 5. The Hall–Kier alpha value is -3.68. The van der Waals surface area contributed by atoms with Crippen LogP contribution in [0.5, 0.6) is 0 Å². The van der Waals surface area contributed by atoms with Crippen molar-refractivity contribution in [1.82, 2.24) is 14.3 Å². The van der Waals surface area contributed by atoms with Crippen LogP contribution in [-0.4, -0.2) is 20.1 Å². The van der Waals surface area contributed by atoms with Gasteiger partial charge < -0.3 is 13.4 Å². The Morgan fingerprint density at radius 3 is 2.66 bits per heavy atom. The van der Waals surface area contributed by atoms with Gasteiger partial charge in [-0.1, -0.05) is 6.07 Å². The molecule has 0 N–H and O–H groups in total. The van der Waals surface area contributed by atoms with Crippen LogP contribution in [0.4, 0.5) is 4.39 Å². The average molecular weight is 395 g/mol. The molecule has 0 amide bonds. The van der Waals surface area contributed by atoms with E-state index in [1.165, 1.54) is 12.3 Å². The molecular weight excluding hydrogens is 377 g/mol. The third-order valence-corrected chi connectivity index (χ3v) is 4.78. The lowest BCUT2D eigenvalue weighted by Gasteiger charge is -2.11. The van der Waals surface area contributed by atoms with Crippen LogP contribution in [0.1, 0.15) is 27.3 Å². The lowest BCUT2D eigenvalue weighted by atomic mass is 10.1. The van der Waals surface area contributed by atoms with Crippen molar-refractivity contribution in [3.05, 3.63) is 81.5 Å². The van der Waals surface area contributed by atoms with E-state index in [-0.39, 0.29) is 24.0 Å². The standard InChI is InChI=1S/C21H18FN3O4/c1-12-6-7-15(10-17(12)22)25-13(2)9-16(14(25)3)18(26)11-24-21(27)29-20(23-24)19-5-4-8-28-19/h4-10H,11H2,1-3H3. The Morgan fingerprint density at radius 2 is 1.97 bits per heavy atom. The number of hydrogen-bond donors (Lipinski definition) is 0. The van der Waals surface area contributed by atoms with Gasteiger partial charge in [-0.2, -0.15) is 4.68 Å². The third kappa shape index (κ3) is 3.33. The molecule has 29 heavy (non-hydrogen) atoms. The highest BCUT2D eigenvalue weighted by Gasteiger charge is 2.20. The summed E-state index contributed by atoms with van der Waals surface area (Å²) in [6, 6.07) is 9.88. The van der Waals surface area contributed by atoms with Crippen LogP contribution in [0.25, 0.3) is 17.3 Å². The Kier molecular flexibility index (Phi) is 4.54. The number of nitrogens with zero attached hydrogens (tertiary/aromatic N) is 3. The summed E-state index contributed by atoms with van der Waals surface area (Å²) < 4.78 is 27.0. The van der Waals surface area contributed by atoms with E-state index in [1.54, 1.807) is 48.7 Å². The van der Waals surface area contributed by atoms with Crippen LogP contribution < -0.4 is 5.76 Å². The average Bonchev–Trinajstić information content (AvgIpc) is 3.38. The van der Waals surface area contributed by atoms with Crippen LogP contribution >= 0.6 is 0 Å². The van der Waals surface area contributed by atoms with Gasteiger partial charge in [0.1, 0.15) is 12.4 Å². The summed E-state index contributed by atoms with van der Waals surface area (Å²) in [6.07, 6.45) is 1.43. The summed E-state index contributed by atoms with van der Waals surface area (Å²) in [4.78, 5) is 24.9. The molecule has 0 aliphatic carbocycles. The molecule has 0 bridgehead atoms. The molecule has 3 heterocycles. The number of benzene rings is 1. The Balaban J connectivity index is 1.65. The largest absolute Gasteiger partial charge is 0.459 e. The topological polar surface area (TPSA) is 83.2 Å². The number of Topliss-reactive ketones (excluding diaryl/α,β-unsaturated/α-hetero) is 1.